The Labute approximate surface area is 132 Å². The van der Waals surface area contributed by atoms with Crippen LogP contribution < -0.4 is 11.3 Å². The summed E-state index contributed by atoms with van der Waals surface area (Å²) in [7, 11) is 0. The molecule has 2 heterocycles. The lowest BCUT2D eigenvalue weighted by molar-refractivity contribution is 0.709. The van der Waals surface area contributed by atoms with E-state index < -0.39 is 0 Å². The molecule has 0 unspecified atom stereocenters. The molecule has 2 aromatic rings. The summed E-state index contributed by atoms with van der Waals surface area (Å²) in [4.78, 5) is 13.4. The number of anilines is 1. The maximum Gasteiger partial charge on any atom is 0.182 e. The van der Waals surface area contributed by atoms with Crippen molar-refractivity contribution < 1.29 is 0 Å². The highest BCUT2D eigenvalue weighted by molar-refractivity contribution is 6.35. The van der Waals surface area contributed by atoms with Gasteiger partial charge in [-0.25, -0.2) is 20.8 Å². The van der Waals surface area contributed by atoms with E-state index >= 15 is 0 Å². The molecule has 0 saturated heterocycles. The number of pyridine rings is 1. The first-order valence-corrected chi connectivity index (χ1v) is 7.62. The number of rotatable bonds is 2. The van der Waals surface area contributed by atoms with E-state index in [9.17, 15) is 0 Å². The fourth-order valence-electron chi connectivity index (χ4n) is 2.58. The van der Waals surface area contributed by atoms with E-state index in [1.165, 1.54) is 12.6 Å². The highest BCUT2D eigenvalue weighted by atomic mass is 35.5. The van der Waals surface area contributed by atoms with Crippen molar-refractivity contribution in [3.8, 4) is 11.5 Å². The van der Waals surface area contributed by atoms with Crippen LogP contribution in [0.4, 0.5) is 5.82 Å². The van der Waals surface area contributed by atoms with Crippen molar-refractivity contribution in [2.45, 2.75) is 32.1 Å². The number of nitrogens with two attached hydrogens (primary N) is 1. The Hall–Kier alpha value is -1.43. The Bertz CT molecular complexity index is 675. The van der Waals surface area contributed by atoms with Crippen molar-refractivity contribution in [1.82, 2.24) is 15.0 Å². The van der Waals surface area contributed by atoms with Crippen LogP contribution in [0.25, 0.3) is 11.5 Å². The van der Waals surface area contributed by atoms with Gasteiger partial charge in [0.25, 0.3) is 0 Å². The smallest absolute Gasteiger partial charge is 0.182 e. The molecule has 0 fully saturated rings. The van der Waals surface area contributed by atoms with E-state index in [-0.39, 0.29) is 0 Å². The third-order valence-corrected chi connectivity index (χ3v) is 4.08. The zero-order valence-electron chi connectivity index (χ0n) is 11.4. The highest BCUT2D eigenvalue weighted by Gasteiger charge is 2.18. The minimum atomic E-state index is 0.430. The fraction of sp³-hybridized carbons (Fsp3) is 0.357. The van der Waals surface area contributed by atoms with Crippen LogP contribution in [-0.2, 0) is 12.8 Å². The molecule has 2 aromatic heterocycles. The topological polar surface area (TPSA) is 76.7 Å². The van der Waals surface area contributed by atoms with Crippen LogP contribution in [0.2, 0.25) is 10.0 Å². The average molecular weight is 324 g/mol. The lowest BCUT2D eigenvalue weighted by Crippen LogP contribution is -2.14. The maximum absolute atomic E-state index is 6.20. The average Bonchev–Trinajstić information content (AvgIpc) is 2.71. The van der Waals surface area contributed by atoms with Crippen molar-refractivity contribution in [3.05, 3.63) is 33.6 Å². The number of hydrogen-bond donors (Lipinski definition) is 2. The molecule has 7 heteroatoms. The summed E-state index contributed by atoms with van der Waals surface area (Å²) < 4.78 is 0. The first-order chi connectivity index (χ1) is 10.2. The molecule has 3 rings (SSSR count). The minimum absolute atomic E-state index is 0.430. The number of hydrogen-bond acceptors (Lipinski definition) is 5. The molecule has 3 N–H and O–H groups in total. The lowest BCUT2D eigenvalue weighted by atomic mass is 10.1. The Morgan fingerprint density at radius 2 is 1.90 bits per heavy atom. The molecule has 0 saturated carbocycles. The van der Waals surface area contributed by atoms with E-state index in [2.05, 4.69) is 20.4 Å². The van der Waals surface area contributed by atoms with Gasteiger partial charge in [-0.2, -0.15) is 0 Å². The van der Waals surface area contributed by atoms with Crippen molar-refractivity contribution in [3.63, 3.8) is 0 Å². The number of nitrogens with zero attached hydrogens (tertiary/aromatic N) is 3. The maximum atomic E-state index is 6.20. The summed E-state index contributed by atoms with van der Waals surface area (Å²) >= 11 is 12.1. The van der Waals surface area contributed by atoms with Gasteiger partial charge in [0, 0.05) is 17.5 Å². The molecule has 0 aliphatic heterocycles. The normalized spacial score (nSPS) is 14.4. The number of aromatic nitrogens is 3. The molecule has 0 amide bonds. The second-order valence-corrected chi connectivity index (χ2v) is 5.85. The number of nitrogen functional groups attached to an aromatic ring is 1. The SMILES string of the molecule is NNc1nc(-c2ncc(Cl)cc2Cl)nc2c1CCCCC2. The number of nitrogens with one attached hydrogen (secondary N) is 1. The van der Waals surface area contributed by atoms with E-state index in [0.717, 1.165) is 36.9 Å². The third kappa shape index (κ3) is 2.95. The van der Waals surface area contributed by atoms with Crippen LogP contribution in [0.1, 0.15) is 30.5 Å². The zero-order valence-corrected chi connectivity index (χ0v) is 12.9. The molecule has 0 spiro atoms. The van der Waals surface area contributed by atoms with Crippen molar-refractivity contribution in [1.29, 1.82) is 0 Å². The Kier molecular flexibility index (Phi) is 4.24. The molecular formula is C14H15Cl2N5. The zero-order chi connectivity index (χ0) is 14.8. The van der Waals surface area contributed by atoms with Crippen LogP contribution >= 0.6 is 23.2 Å². The van der Waals surface area contributed by atoms with Crippen LogP contribution in [-0.4, -0.2) is 15.0 Å². The van der Waals surface area contributed by atoms with E-state index in [0.29, 0.717) is 27.4 Å². The van der Waals surface area contributed by atoms with Crippen LogP contribution in [0.3, 0.4) is 0 Å². The predicted octanol–water partition coefficient (Wildman–Crippen LogP) is 3.40. The summed E-state index contributed by atoms with van der Waals surface area (Å²) in [6.45, 7) is 0. The summed E-state index contributed by atoms with van der Waals surface area (Å²) in [5.74, 6) is 6.75. The van der Waals surface area contributed by atoms with Gasteiger partial charge in [-0.15, -0.1) is 0 Å². The number of aryl methyl sites for hydroxylation is 1. The van der Waals surface area contributed by atoms with E-state index in [4.69, 9.17) is 29.0 Å². The quantitative estimate of drug-likeness (QED) is 0.503. The highest BCUT2D eigenvalue weighted by Crippen LogP contribution is 2.30. The van der Waals surface area contributed by atoms with Gasteiger partial charge in [0.2, 0.25) is 0 Å². The molecule has 1 aliphatic rings. The first-order valence-electron chi connectivity index (χ1n) is 6.87. The molecular weight excluding hydrogens is 309 g/mol. The molecule has 0 radical (unpaired) electrons. The molecule has 110 valence electrons. The van der Waals surface area contributed by atoms with Crippen LogP contribution in [0.15, 0.2) is 12.3 Å². The Morgan fingerprint density at radius 1 is 1.10 bits per heavy atom. The number of fused-ring (bicyclic) bond motifs is 1. The van der Waals surface area contributed by atoms with E-state index in [1.54, 1.807) is 6.07 Å². The monoisotopic (exact) mass is 323 g/mol. The minimum Gasteiger partial charge on any atom is -0.308 e. The molecule has 0 bridgehead atoms. The van der Waals surface area contributed by atoms with Crippen molar-refractivity contribution >= 4 is 29.0 Å². The lowest BCUT2D eigenvalue weighted by Gasteiger charge is -2.13. The van der Waals surface area contributed by atoms with Crippen molar-refractivity contribution in [2.75, 3.05) is 5.43 Å². The van der Waals surface area contributed by atoms with Gasteiger partial charge in [0.05, 0.1) is 10.0 Å². The fourth-order valence-corrected chi connectivity index (χ4v) is 3.04. The molecule has 1 aliphatic carbocycles. The standard InChI is InChI=1S/C14H15Cl2N5/c15-8-6-10(16)12(18-7-8)14-19-11-5-3-1-2-4-9(11)13(20-14)21-17/h6-7H,1-5,17H2,(H,19,20,21). The second-order valence-electron chi connectivity index (χ2n) is 5.01. The van der Waals surface area contributed by atoms with Gasteiger partial charge < -0.3 is 5.43 Å². The van der Waals surface area contributed by atoms with Gasteiger partial charge in [-0.05, 0) is 31.7 Å². The van der Waals surface area contributed by atoms with Gasteiger partial charge in [0.15, 0.2) is 5.82 Å². The van der Waals surface area contributed by atoms with Gasteiger partial charge in [-0.3, -0.25) is 0 Å². The summed E-state index contributed by atoms with van der Waals surface area (Å²) in [5, 5.41) is 0.912. The Balaban J connectivity index is 2.13. The molecule has 21 heavy (non-hydrogen) atoms. The number of hydrazine groups is 1. The van der Waals surface area contributed by atoms with Gasteiger partial charge >= 0.3 is 0 Å². The largest absolute Gasteiger partial charge is 0.308 e. The third-order valence-electron chi connectivity index (χ3n) is 3.59. The van der Waals surface area contributed by atoms with Crippen LogP contribution in [0, 0.1) is 0 Å². The summed E-state index contributed by atoms with van der Waals surface area (Å²) in [5.41, 5.74) is 5.32. The van der Waals surface area contributed by atoms with Crippen LogP contribution in [0.5, 0.6) is 0 Å². The summed E-state index contributed by atoms with van der Waals surface area (Å²) in [6, 6.07) is 1.63. The number of halogens is 2. The molecule has 0 aromatic carbocycles. The van der Waals surface area contributed by atoms with Crippen molar-refractivity contribution in [2.24, 2.45) is 5.84 Å². The summed E-state index contributed by atoms with van der Waals surface area (Å²) in [6.07, 6.45) is 6.84. The van der Waals surface area contributed by atoms with Gasteiger partial charge in [0.1, 0.15) is 11.5 Å². The molecule has 0 atom stereocenters. The predicted molar refractivity (Wildman–Crippen MR) is 84.4 cm³/mol. The molecule has 5 nitrogen and oxygen atoms in total. The second kappa shape index (κ2) is 6.13. The first kappa shape index (κ1) is 14.5. The Morgan fingerprint density at radius 3 is 2.67 bits per heavy atom. The van der Waals surface area contributed by atoms with E-state index in [1.807, 2.05) is 0 Å². The van der Waals surface area contributed by atoms with Gasteiger partial charge in [-0.1, -0.05) is 29.6 Å².